The molecule has 1 saturated heterocycles. The fourth-order valence-corrected chi connectivity index (χ4v) is 4.42. The van der Waals surface area contributed by atoms with E-state index >= 15 is 0 Å². The number of piperazine rings is 1. The molecule has 6 nitrogen and oxygen atoms in total. The van der Waals surface area contributed by atoms with Crippen LogP contribution in [-0.4, -0.2) is 52.0 Å². The second-order valence-electron chi connectivity index (χ2n) is 6.55. The molecule has 1 fully saturated rings. The number of halogens is 3. The Morgan fingerprint density at radius 1 is 1.40 bits per heavy atom. The van der Waals surface area contributed by atoms with E-state index in [1.54, 1.807) is 29.8 Å². The summed E-state index contributed by atoms with van der Waals surface area (Å²) in [5.74, 6) is 0.385. The third kappa shape index (κ3) is 2.60. The number of fused-ring (bicyclic) bond motifs is 2. The van der Waals surface area contributed by atoms with Crippen LogP contribution in [0.2, 0.25) is 5.02 Å². The second kappa shape index (κ2) is 6.24. The van der Waals surface area contributed by atoms with Gasteiger partial charge >= 0.3 is 5.69 Å². The van der Waals surface area contributed by atoms with Crippen molar-refractivity contribution in [2.75, 3.05) is 38.2 Å². The normalized spacial score (nSPS) is 20.8. The third-order valence-corrected chi connectivity index (χ3v) is 6.32. The van der Waals surface area contributed by atoms with Crippen molar-refractivity contribution in [3.05, 3.63) is 26.9 Å². The molecular formula is C16H17ClFIN4O2. The first-order valence-electron chi connectivity index (χ1n) is 8.08. The summed E-state index contributed by atoms with van der Waals surface area (Å²) < 4.78 is 22.1. The Morgan fingerprint density at radius 3 is 2.92 bits per heavy atom. The minimum atomic E-state index is -0.506. The van der Waals surface area contributed by atoms with E-state index < -0.39 is 11.5 Å². The van der Waals surface area contributed by atoms with Gasteiger partial charge < -0.3 is 14.5 Å². The highest BCUT2D eigenvalue weighted by molar-refractivity contribution is 14.1. The van der Waals surface area contributed by atoms with Crippen LogP contribution < -0.4 is 15.3 Å². The average molecular weight is 479 g/mol. The Balaban J connectivity index is 2.10. The van der Waals surface area contributed by atoms with Crippen molar-refractivity contribution < 1.29 is 9.13 Å². The molecule has 1 unspecified atom stereocenters. The summed E-state index contributed by atoms with van der Waals surface area (Å²) in [6.45, 7) is 4.49. The van der Waals surface area contributed by atoms with Gasteiger partial charge in [0, 0.05) is 37.7 Å². The van der Waals surface area contributed by atoms with Gasteiger partial charge in [0.15, 0.2) is 11.6 Å². The van der Waals surface area contributed by atoms with Crippen molar-refractivity contribution in [3.8, 4) is 5.75 Å². The Hall–Kier alpha value is -1.13. The number of nitrogens with zero attached hydrogens (tertiary/aromatic N) is 4. The lowest BCUT2D eigenvalue weighted by molar-refractivity contribution is 0.226. The standard InChI is InChI=1S/C16H17ClFIN4O2/c1-8-11(17)14-10-13(12(8)18)23(19)16(24)20-15(10)22-5-4-21(2)7-9(22)3-6-25-14/h9H,3-7H2,1-2H3. The molecule has 4 rings (SSSR count). The van der Waals surface area contributed by atoms with E-state index in [-0.39, 0.29) is 22.1 Å². The van der Waals surface area contributed by atoms with Crippen LogP contribution >= 0.6 is 34.5 Å². The van der Waals surface area contributed by atoms with Gasteiger partial charge in [-0.25, -0.2) is 12.0 Å². The number of ether oxygens (including phenoxy) is 1. The smallest absolute Gasteiger partial charge is 0.359 e. The number of rotatable bonds is 0. The molecule has 134 valence electrons. The molecule has 2 aliphatic rings. The quantitative estimate of drug-likeness (QED) is 0.545. The number of likely N-dealkylation sites (N-methyl/N-ethyl adjacent to an activating group) is 1. The highest BCUT2D eigenvalue weighted by Crippen LogP contribution is 2.44. The van der Waals surface area contributed by atoms with Crippen LogP contribution in [0.15, 0.2) is 4.79 Å². The predicted octanol–water partition coefficient (Wildman–Crippen LogP) is 2.60. The first-order valence-corrected chi connectivity index (χ1v) is 9.43. The van der Waals surface area contributed by atoms with E-state index in [4.69, 9.17) is 16.3 Å². The van der Waals surface area contributed by atoms with Crippen LogP contribution in [0.3, 0.4) is 0 Å². The number of hydrogen-bond acceptors (Lipinski definition) is 5. The molecule has 0 saturated carbocycles. The van der Waals surface area contributed by atoms with E-state index in [1.807, 2.05) is 0 Å². The van der Waals surface area contributed by atoms with Gasteiger partial charge in [0.05, 0.1) is 39.9 Å². The molecule has 0 spiro atoms. The molecule has 0 aliphatic carbocycles. The molecule has 1 aromatic carbocycles. The van der Waals surface area contributed by atoms with Crippen molar-refractivity contribution in [3.63, 3.8) is 0 Å². The van der Waals surface area contributed by atoms with Crippen molar-refractivity contribution in [2.24, 2.45) is 0 Å². The van der Waals surface area contributed by atoms with Gasteiger partial charge in [-0.2, -0.15) is 4.98 Å². The highest BCUT2D eigenvalue weighted by Gasteiger charge is 2.33. The maximum atomic E-state index is 15.0. The third-order valence-electron chi connectivity index (χ3n) is 4.97. The van der Waals surface area contributed by atoms with E-state index in [1.165, 1.54) is 2.78 Å². The molecule has 2 aliphatic heterocycles. The summed E-state index contributed by atoms with van der Waals surface area (Å²) in [7, 11) is 2.07. The number of anilines is 1. The minimum absolute atomic E-state index is 0.162. The number of benzene rings is 1. The minimum Gasteiger partial charge on any atom is -0.491 e. The van der Waals surface area contributed by atoms with Crippen molar-refractivity contribution in [1.82, 2.24) is 12.7 Å². The molecule has 9 heteroatoms. The predicted molar refractivity (Wildman–Crippen MR) is 104 cm³/mol. The maximum Gasteiger partial charge on any atom is 0.359 e. The Morgan fingerprint density at radius 2 is 2.16 bits per heavy atom. The Bertz CT molecular complexity index is 935. The topological polar surface area (TPSA) is 50.6 Å². The Labute approximate surface area is 163 Å². The van der Waals surface area contributed by atoms with E-state index in [9.17, 15) is 9.18 Å². The van der Waals surface area contributed by atoms with Gasteiger partial charge in [-0.05, 0) is 14.0 Å². The molecule has 0 amide bonds. The first kappa shape index (κ1) is 17.3. The van der Waals surface area contributed by atoms with Gasteiger partial charge in [0.1, 0.15) is 11.3 Å². The van der Waals surface area contributed by atoms with Crippen LogP contribution in [0.5, 0.6) is 5.75 Å². The zero-order valence-electron chi connectivity index (χ0n) is 13.9. The molecule has 25 heavy (non-hydrogen) atoms. The van der Waals surface area contributed by atoms with Crippen LogP contribution in [0, 0.1) is 12.7 Å². The molecular weight excluding hydrogens is 462 g/mol. The molecule has 1 aromatic heterocycles. The average Bonchev–Trinajstić information content (AvgIpc) is 2.57. The van der Waals surface area contributed by atoms with Crippen LogP contribution in [0.25, 0.3) is 10.9 Å². The van der Waals surface area contributed by atoms with Gasteiger partial charge in [0.25, 0.3) is 0 Å². The molecule has 1 atom stereocenters. The van der Waals surface area contributed by atoms with Crippen LogP contribution in [-0.2, 0) is 0 Å². The van der Waals surface area contributed by atoms with Crippen LogP contribution in [0.4, 0.5) is 10.2 Å². The fraction of sp³-hybridized carbons (Fsp3) is 0.500. The van der Waals surface area contributed by atoms with E-state index in [0.717, 1.165) is 26.1 Å². The summed E-state index contributed by atoms with van der Waals surface area (Å²) in [6.07, 6.45) is 0.785. The zero-order chi connectivity index (χ0) is 17.9. The number of aromatic nitrogens is 2. The van der Waals surface area contributed by atoms with Gasteiger partial charge in [-0.15, -0.1) is 0 Å². The lowest BCUT2D eigenvalue weighted by atomic mass is 10.0. The molecule has 0 radical (unpaired) electrons. The lowest BCUT2D eigenvalue weighted by Gasteiger charge is -2.42. The SMILES string of the molecule is Cc1c(Cl)c2c3c(nc(=O)n(I)c3c1F)N1CCN(C)CC1CCO2. The second-order valence-corrected chi connectivity index (χ2v) is 7.89. The summed E-state index contributed by atoms with van der Waals surface area (Å²) >= 11 is 8.17. The van der Waals surface area contributed by atoms with Crippen LogP contribution in [0.1, 0.15) is 12.0 Å². The zero-order valence-corrected chi connectivity index (χ0v) is 16.8. The van der Waals surface area contributed by atoms with E-state index in [0.29, 0.717) is 23.6 Å². The molecule has 0 N–H and O–H groups in total. The fourth-order valence-electron chi connectivity index (χ4n) is 3.63. The highest BCUT2D eigenvalue weighted by atomic mass is 127. The lowest BCUT2D eigenvalue weighted by Crippen LogP contribution is -2.53. The van der Waals surface area contributed by atoms with Gasteiger partial charge in [-0.1, -0.05) is 11.6 Å². The largest absolute Gasteiger partial charge is 0.491 e. The first-order chi connectivity index (χ1) is 11.9. The monoisotopic (exact) mass is 478 g/mol. The Kier molecular flexibility index (Phi) is 4.32. The molecule has 0 bridgehead atoms. The van der Waals surface area contributed by atoms with Crippen molar-refractivity contribution in [2.45, 2.75) is 19.4 Å². The summed E-state index contributed by atoms with van der Waals surface area (Å²) in [5.41, 5.74) is -0.0263. The van der Waals surface area contributed by atoms with Gasteiger partial charge in [0.2, 0.25) is 0 Å². The summed E-state index contributed by atoms with van der Waals surface area (Å²) in [6, 6.07) is 0.162. The summed E-state index contributed by atoms with van der Waals surface area (Å²) in [4.78, 5) is 21.0. The number of hydrogen-bond donors (Lipinski definition) is 0. The van der Waals surface area contributed by atoms with E-state index in [2.05, 4.69) is 21.8 Å². The molecule has 3 heterocycles. The maximum absolute atomic E-state index is 15.0. The van der Waals surface area contributed by atoms with Crippen molar-refractivity contribution >= 4 is 51.2 Å². The molecule has 2 aromatic rings. The van der Waals surface area contributed by atoms with Crippen molar-refractivity contribution in [1.29, 1.82) is 0 Å². The van der Waals surface area contributed by atoms with Gasteiger partial charge in [-0.3, -0.25) is 0 Å². The summed E-state index contributed by atoms with van der Waals surface area (Å²) in [5, 5.41) is 0.729.